The Bertz CT molecular complexity index is 953. The van der Waals surface area contributed by atoms with Gasteiger partial charge in [0.05, 0.1) is 6.61 Å². The Morgan fingerprint density at radius 3 is 2.48 bits per heavy atom. The summed E-state index contributed by atoms with van der Waals surface area (Å²) in [5.41, 5.74) is 0.717. The van der Waals surface area contributed by atoms with E-state index in [4.69, 9.17) is 4.74 Å². The predicted octanol–water partition coefficient (Wildman–Crippen LogP) is 3.37. The van der Waals surface area contributed by atoms with Gasteiger partial charge in [-0.1, -0.05) is 30.3 Å². The van der Waals surface area contributed by atoms with E-state index in [1.54, 1.807) is 49.4 Å². The molecule has 6 nitrogen and oxygen atoms in total. The van der Waals surface area contributed by atoms with Crippen molar-refractivity contribution in [3.05, 3.63) is 66.0 Å². The fourth-order valence-corrected chi connectivity index (χ4v) is 2.47. The summed E-state index contributed by atoms with van der Waals surface area (Å²) < 4.78 is 4.89. The number of anilines is 1. The Labute approximate surface area is 144 Å². The van der Waals surface area contributed by atoms with Gasteiger partial charge in [-0.05, 0) is 31.2 Å². The van der Waals surface area contributed by atoms with Crippen LogP contribution in [0.1, 0.15) is 27.9 Å². The highest BCUT2D eigenvalue weighted by atomic mass is 16.5. The number of aromatic nitrogens is 1. The van der Waals surface area contributed by atoms with E-state index in [1.807, 2.05) is 0 Å². The summed E-state index contributed by atoms with van der Waals surface area (Å²) in [5.74, 6) is -0.898. The van der Waals surface area contributed by atoms with Gasteiger partial charge in [-0.3, -0.25) is 4.79 Å². The van der Waals surface area contributed by atoms with E-state index in [9.17, 15) is 14.7 Å². The maximum atomic E-state index is 12.5. The number of phenols is 1. The lowest BCUT2D eigenvalue weighted by molar-refractivity contribution is 0.0519. The van der Waals surface area contributed by atoms with Crippen molar-refractivity contribution in [2.45, 2.75) is 6.92 Å². The van der Waals surface area contributed by atoms with Crippen LogP contribution in [0.3, 0.4) is 0 Å². The van der Waals surface area contributed by atoms with Gasteiger partial charge >= 0.3 is 5.97 Å². The third-order valence-corrected chi connectivity index (χ3v) is 3.61. The summed E-state index contributed by atoms with van der Waals surface area (Å²) in [4.78, 5) is 28.3. The minimum Gasteiger partial charge on any atom is -0.507 e. The maximum Gasteiger partial charge on any atom is 0.356 e. The maximum absolute atomic E-state index is 12.5. The van der Waals surface area contributed by atoms with Crippen molar-refractivity contribution >= 4 is 28.3 Å². The third-order valence-electron chi connectivity index (χ3n) is 3.61. The molecule has 0 spiro atoms. The molecule has 0 bridgehead atoms. The van der Waals surface area contributed by atoms with E-state index in [-0.39, 0.29) is 23.7 Å². The quantitative estimate of drug-likeness (QED) is 0.713. The number of hydrogen-bond acceptors (Lipinski definition) is 5. The average Bonchev–Trinajstić information content (AvgIpc) is 2.63. The monoisotopic (exact) mass is 336 g/mol. The molecule has 126 valence electrons. The molecular formula is C19H16N2O4. The molecule has 6 heteroatoms. The van der Waals surface area contributed by atoms with Gasteiger partial charge in [-0.15, -0.1) is 0 Å². The van der Waals surface area contributed by atoms with E-state index >= 15 is 0 Å². The Morgan fingerprint density at radius 2 is 1.68 bits per heavy atom. The summed E-state index contributed by atoms with van der Waals surface area (Å²) in [6.45, 7) is 1.93. The minimum atomic E-state index is -0.577. The van der Waals surface area contributed by atoms with Gasteiger partial charge < -0.3 is 15.2 Å². The molecule has 3 aromatic rings. The second-order valence-corrected chi connectivity index (χ2v) is 5.26. The number of nitrogens with one attached hydrogen (secondary N) is 1. The molecule has 25 heavy (non-hydrogen) atoms. The van der Waals surface area contributed by atoms with Crippen LogP contribution in [0, 0.1) is 0 Å². The summed E-state index contributed by atoms with van der Waals surface area (Å²) in [6.07, 6.45) is 0. The number of fused-ring (bicyclic) bond motifs is 1. The fourth-order valence-electron chi connectivity index (χ4n) is 2.47. The molecule has 0 unspecified atom stereocenters. The van der Waals surface area contributed by atoms with Gasteiger partial charge in [0, 0.05) is 16.5 Å². The van der Waals surface area contributed by atoms with Crippen LogP contribution >= 0.6 is 0 Å². The summed E-state index contributed by atoms with van der Waals surface area (Å²) >= 11 is 0. The molecule has 0 aliphatic rings. The first-order valence-corrected chi connectivity index (χ1v) is 7.76. The van der Waals surface area contributed by atoms with Gasteiger partial charge in [0.1, 0.15) is 17.1 Å². The van der Waals surface area contributed by atoms with Crippen LogP contribution in [-0.4, -0.2) is 28.6 Å². The van der Waals surface area contributed by atoms with Crippen molar-refractivity contribution in [1.29, 1.82) is 0 Å². The molecule has 0 radical (unpaired) electrons. The Morgan fingerprint density at radius 1 is 1.00 bits per heavy atom. The molecule has 2 N–H and O–H groups in total. The van der Waals surface area contributed by atoms with Gasteiger partial charge in [-0.25, -0.2) is 9.78 Å². The van der Waals surface area contributed by atoms with E-state index in [0.717, 1.165) is 0 Å². The number of hydrogen-bond donors (Lipinski definition) is 2. The number of rotatable bonds is 4. The van der Waals surface area contributed by atoms with Crippen LogP contribution in [0.25, 0.3) is 10.8 Å². The first kappa shape index (κ1) is 16.4. The van der Waals surface area contributed by atoms with Gasteiger partial charge in [0.25, 0.3) is 5.91 Å². The molecule has 1 aromatic heterocycles. The molecule has 0 saturated heterocycles. The number of aromatic hydroxyl groups is 1. The zero-order chi connectivity index (χ0) is 17.8. The lowest BCUT2D eigenvalue weighted by Crippen LogP contribution is -2.16. The van der Waals surface area contributed by atoms with Crippen LogP contribution in [0.5, 0.6) is 5.75 Å². The molecular weight excluding hydrogens is 320 g/mol. The van der Waals surface area contributed by atoms with E-state index < -0.39 is 11.9 Å². The Kier molecular flexibility index (Phi) is 4.61. The third kappa shape index (κ3) is 3.42. The number of benzene rings is 2. The van der Waals surface area contributed by atoms with Gasteiger partial charge in [-0.2, -0.15) is 0 Å². The van der Waals surface area contributed by atoms with Crippen LogP contribution < -0.4 is 5.32 Å². The van der Waals surface area contributed by atoms with Crippen molar-refractivity contribution in [3.8, 4) is 5.75 Å². The number of pyridine rings is 1. The second-order valence-electron chi connectivity index (χ2n) is 5.26. The van der Waals surface area contributed by atoms with E-state index in [0.29, 0.717) is 16.5 Å². The smallest absolute Gasteiger partial charge is 0.356 e. The Balaban J connectivity index is 1.90. The highest BCUT2D eigenvalue weighted by molar-refractivity contribution is 6.09. The lowest BCUT2D eigenvalue weighted by Gasteiger charge is -2.10. The first-order chi connectivity index (χ1) is 12.1. The molecule has 1 heterocycles. The highest BCUT2D eigenvalue weighted by Gasteiger charge is 2.14. The van der Waals surface area contributed by atoms with Crippen molar-refractivity contribution in [2.75, 3.05) is 11.9 Å². The standard InChI is InChI=1S/C19H16N2O4/c1-2-25-19(24)16-10-5-9-15(20-16)18(23)21-14-8-3-7-13-12(14)6-4-11-17(13)22/h3-11,22H,2H2,1H3,(H,21,23). The molecule has 0 aliphatic carbocycles. The first-order valence-electron chi connectivity index (χ1n) is 7.76. The zero-order valence-corrected chi connectivity index (χ0v) is 13.5. The number of nitrogens with zero attached hydrogens (tertiary/aromatic N) is 1. The van der Waals surface area contributed by atoms with Crippen molar-refractivity contribution < 1.29 is 19.4 Å². The topological polar surface area (TPSA) is 88.5 Å². The molecule has 0 fully saturated rings. The lowest BCUT2D eigenvalue weighted by atomic mass is 10.1. The van der Waals surface area contributed by atoms with Gasteiger partial charge in [0.15, 0.2) is 0 Å². The number of amides is 1. The molecule has 0 atom stereocenters. The average molecular weight is 336 g/mol. The van der Waals surface area contributed by atoms with Crippen LogP contribution in [0.15, 0.2) is 54.6 Å². The van der Waals surface area contributed by atoms with Crippen molar-refractivity contribution in [3.63, 3.8) is 0 Å². The Hall–Kier alpha value is -3.41. The largest absolute Gasteiger partial charge is 0.507 e. The molecule has 0 saturated carbocycles. The van der Waals surface area contributed by atoms with Gasteiger partial charge in [0.2, 0.25) is 0 Å². The molecule has 0 aliphatic heterocycles. The summed E-state index contributed by atoms with van der Waals surface area (Å²) in [6, 6.07) is 14.9. The number of carbonyl (C=O) groups is 2. The van der Waals surface area contributed by atoms with Crippen molar-refractivity contribution in [1.82, 2.24) is 4.98 Å². The zero-order valence-electron chi connectivity index (χ0n) is 13.5. The highest BCUT2D eigenvalue weighted by Crippen LogP contribution is 2.29. The SMILES string of the molecule is CCOC(=O)c1cccc(C(=O)Nc2cccc3c(O)cccc23)n1. The number of carbonyl (C=O) groups excluding carboxylic acids is 2. The molecule has 2 aromatic carbocycles. The van der Waals surface area contributed by atoms with Crippen LogP contribution in [-0.2, 0) is 4.74 Å². The van der Waals surface area contributed by atoms with E-state index in [2.05, 4.69) is 10.3 Å². The molecule has 1 amide bonds. The second kappa shape index (κ2) is 7.00. The number of ether oxygens (including phenoxy) is 1. The molecule has 3 rings (SSSR count). The van der Waals surface area contributed by atoms with Crippen LogP contribution in [0.4, 0.5) is 5.69 Å². The summed E-state index contributed by atoms with van der Waals surface area (Å²) in [5, 5.41) is 14.0. The van der Waals surface area contributed by atoms with Crippen molar-refractivity contribution in [2.24, 2.45) is 0 Å². The van der Waals surface area contributed by atoms with Crippen LogP contribution in [0.2, 0.25) is 0 Å². The van der Waals surface area contributed by atoms with E-state index in [1.165, 1.54) is 12.1 Å². The normalized spacial score (nSPS) is 10.4. The number of phenolic OH excluding ortho intramolecular Hbond substituents is 1. The minimum absolute atomic E-state index is 0.0741. The number of esters is 1. The summed E-state index contributed by atoms with van der Waals surface area (Å²) in [7, 11) is 0. The fraction of sp³-hybridized carbons (Fsp3) is 0.105. The predicted molar refractivity (Wildman–Crippen MR) is 93.8 cm³/mol.